The van der Waals surface area contributed by atoms with Crippen molar-refractivity contribution < 1.29 is 33.0 Å². The number of benzene rings is 2. The summed E-state index contributed by atoms with van der Waals surface area (Å²) in [6.07, 6.45) is -1.01. The van der Waals surface area contributed by atoms with Gasteiger partial charge in [0.15, 0.2) is 18.1 Å². The number of ketones is 1. The molecule has 8 heteroatoms. The molecule has 1 aliphatic heterocycles. The number of amides is 1. The van der Waals surface area contributed by atoms with Crippen LogP contribution < -0.4 is 14.8 Å². The number of rotatable bonds is 5. The molecule has 140 valence electrons. The monoisotopic (exact) mass is 373 g/mol. The summed E-state index contributed by atoms with van der Waals surface area (Å²) in [6.45, 7) is 0.590. The zero-order valence-electron chi connectivity index (χ0n) is 14.4. The number of Topliss-reactive ketones (excluding diaryl/α,β-unsaturated/α-hetero) is 1. The predicted octanol–water partition coefficient (Wildman–Crippen LogP) is 2.35. The van der Waals surface area contributed by atoms with Crippen LogP contribution in [0.4, 0.5) is 10.1 Å². The summed E-state index contributed by atoms with van der Waals surface area (Å²) in [4.78, 5) is 35.2. The first kappa shape index (κ1) is 18.4. The van der Waals surface area contributed by atoms with Crippen LogP contribution in [0, 0.1) is 5.82 Å². The number of para-hydroxylation sites is 2. The number of ether oxygens (including phenoxy) is 3. The lowest BCUT2D eigenvalue weighted by Gasteiger charge is -2.24. The van der Waals surface area contributed by atoms with Crippen LogP contribution in [0.25, 0.3) is 0 Å². The number of hydrogen-bond acceptors (Lipinski definition) is 6. The molecule has 1 unspecified atom stereocenters. The van der Waals surface area contributed by atoms with Gasteiger partial charge in [-0.25, -0.2) is 9.18 Å². The molecule has 1 N–H and O–H groups in total. The van der Waals surface area contributed by atoms with Gasteiger partial charge in [0.25, 0.3) is 0 Å². The summed E-state index contributed by atoms with van der Waals surface area (Å²) in [5.74, 6) is -1.77. The zero-order chi connectivity index (χ0) is 19.4. The van der Waals surface area contributed by atoms with E-state index in [1.165, 1.54) is 19.1 Å². The fourth-order valence-corrected chi connectivity index (χ4v) is 2.47. The smallest absolute Gasteiger partial charge is 0.351 e. The number of fused-ring (bicyclic) bond motifs is 1. The molecule has 27 heavy (non-hydrogen) atoms. The molecule has 0 spiro atoms. The van der Waals surface area contributed by atoms with Crippen LogP contribution in [0.2, 0.25) is 0 Å². The van der Waals surface area contributed by atoms with Gasteiger partial charge in [0.2, 0.25) is 17.8 Å². The third-order valence-electron chi connectivity index (χ3n) is 3.71. The van der Waals surface area contributed by atoms with Crippen molar-refractivity contribution in [2.24, 2.45) is 0 Å². The second-order valence-corrected chi connectivity index (χ2v) is 5.77. The minimum Gasteiger partial charge on any atom is -0.485 e. The molecular weight excluding hydrogens is 357 g/mol. The van der Waals surface area contributed by atoms with Crippen molar-refractivity contribution in [3.63, 3.8) is 0 Å². The minimum atomic E-state index is -1.01. The Bertz CT molecular complexity index is 898. The van der Waals surface area contributed by atoms with E-state index in [9.17, 15) is 18.8 Å². The first-order valence-electron chi connectivity index (χ1n) is 8.09. The summed E-state index contributed by atoms with van der Waals surface area (Å²) < 4.78 is 29.9. The highest BCUT2D eigenvalue weighted by molar-refractivity contribution is 5.99. The molecule has 0 aromatic heterocycles. The van der Waals surface area contributed by atoms with Gasteiger partial charge < -0.3 is 19.5 Å². The highest BCUT2D eigenvalue weighted by atomic mass is 19.1. The van der Waals surface area contributed by atoms with Crippen LogP contribution in [0.3, 0.4) is 0 Å². The van der Waals surface area contributed by atoms with Gasteiger partial charge in [0.05, 0.1) is 5.56 Å². The molecule has 0 saturated carbocycles. The van der Waals surface area contributed by atoms with Crippen LogP contribution in [0.15, 0.2) is 42.5 Å². The molecule has 0 fully saturated rings. The SMILES string of the molecule is CC(=O)Nc1ccc(C(=O)COC(=O)C2COc3ccccc3O2)c(F)c1. The highest BCUT2D eigenvalue weighted by Crippen LogP contribution is 2.31. The number of carbonyl (C=O) groups is 3. The Morgan fingerprint density at radius 2 is 1.93 bits per heavy atom. The summed E-state index contributed by atoms with van der Waals surface area (Å²) >= 11 is 0. The van der Waals surface area contributed by atoms with Crippen LogP contribution in [-0.4, -0.2) is 37.0 Å². The van der Waals surface area contributed by atoms with E-state index in [0.29, 0.717) is 11.5 Å². The first-order chi connectivity index (χ1) is 12.9. The number of carbonyl (C=O) groups excluding carboxylic acids is 3. The molecule has 2 aromatic rings. The molecule has 0 saturated heterocycles. The van der Waals surface area contributed by atoms with Gasteiger partial charge in [-0.2, -0.15) is 0 Å². The highest BCUT2D eigenvalue weighted by Gasteiger charge is 2.29. The molecule has 1 heterocycles. The second kappa shape index (κ2) is 7.86. The normalized spacial score (nSPS) is 15.0. The second-order valence-electron chi connectivity index (χ2n) is 5.77. The van der Waals surface area contributed by atoms with Gasteiger partial charge in [0, 0.05) is 12.6 Å². The average Bonchev–Trinajstić information content (AvgIpc) is 2.65. The van der Waals surface area contributed by atoms with Gasteiger partial charge in [0.1, 0.15) is 12.4 Å². The van der Waals surface area contributed by atoms with Gasteiger partial charge >= 0.3 is 5.97 Å². The van der Waals surface area contributed by atoms with E-state index in [0.717, 1.165) is 6.07 Å². The maximum Gasteiger partial charge on any atom is 0.351 e. The third-order valence-corrected chi connectivity index (χ3v) is 3.71. The fraction of sp³-hybridized carbons (Fsp3) is 0.211. The third kappa shape index (κ3) is 4.41. The molecule has 0 aliphatic carbocycles. The van der Waals surface area contributed by atoms with Crippen molar-refractivity contribution in [1.29, 1.82) is 0 Å². The van der Waals surface area contributed by atoms with Gasteiger partial charge in [-0.1, -0.05) is 12.1 Å². The van der Waals surface area contributed by atoms with E-state index < -0.39 is 30.3 Å². The zero-order valence-corrected chi connectivity index (χ0v) is 14.4. The maximum absolute atomic E-state index is 14.0. The van der Waals surface area contributed by atoms with Crippen molar-refractivity contribution in [1.82, 2.24) is 0 Å². The molecule has 0 radical (unpaired) electrons. The van der Waals surface area contributed by atoms with Gasteiger partial charge in [-0.3, -0.25) is 9.59 Å². The van der Waals surface area contributed by atoms with Crippen molar-refractivity contribution in [2.75, 3.05) is 18.5 Å². The number of halogens is 1. The Morgan fingerprint density at radius 1 is 1.19 bits per heavy atom. The topological polar surface area (TPSA) is 90.9 Å². The van der Waals surface area contributed by atoms with E-state index in [4.69, 9.17) is 14.2 Å². The molecule has 3 rings (SSSR count). The standard InChI is InChI=1S/C19H16FNO6/c1-11(22)21-12-6-7-13(14(20)8-12)15(23)9-26-19(24)18-10-25-16-4-2-3-5-17(16)27-18/h2-8,18H,9-10H2,1H3,(H,21,22). The lowest BCUT2D eigenvalue weighted by atomic mass is 10.1. The molecule has 7 nitrogen and oxygen atoms in total. The molecule has 0 bridgehead atoms. The summed E-state index contributed by atoms with van der Waals surface area (Å²) in [5, 5.41) is 2.41. The van der Waals surface area contributed by atoms with Crippen molar-refractivity contribution in [2.45, 2.75) is 13.0 Å². The van der Waals surface area contributed by atoms with Crippen LogP contribution >= 0.6 is 0 Å². The molecular formula is C19H16FNO6. The Labute approximate surface area is 154 Å². The molecule has 1 atom stereocenters. The van der Waals surface area contributed by atoms with Gasteiger partial charge in [-0.05, 0) is 30.3 Å². The molecule has 2 aromatic carbocycles. The van der Waals surface area contributed by atoms with Crippen LogP contribution in [0.5, 0.6) is 11.5 Å². The quantitative estimate of drug-likeness (QED) is 0.639. The van der Waals surface area contributed by atoms with Crippen molar-refractivity contribution in [3.05, 3.63) is 53.8 Å². The summed E-state index contributed by atoms with van der Waals surface area (Å²) in [5.41, 5.74) is -0.0250. The van der Waals surface area contributed by atoms with E-state index in [-0.39, 0.29) is 23.8 Å². The minimum absolute atomic E-state index is 0.0518. The number of esters is 1. The number of nitrogens with one attached hydrogen (secondary N) is 1. The lowest BCUT2D eigenvalue weighted by Crippen LogP contribution is -2.38. The Balaban J connectivity index is 1.58. The maximum atomic E-state index is 14.0. The van der Waals surface area contributed by atoms with E-state index in [2.05, 4.69) is 5.32 Å². The largest absolute Gasteiger partial charge is 0.485 e. The van der Waals surface area contributed by atoms with Crippen molar-refractivity contribution >= 4 is 23.3 Å². The van der Waals surface area contributed by atoms with E-state index >= 15 is 0 Å². The lowest BCUT2D eigenvalue weighted by molar-refractivity contribution is -0.153. The van der Waals surface area contributed by atoms with Crippen molar-refractivity contribution in [3.8, 4) is 11.5 Å². The predicted molar refractivity (Wildman–Crippen MR) is 92.3 cm³/mol. The van der Waals surface area contributed by atoms with Crippen LogP contribution in [0.1, 0.15) is 17.3 Å². The molecule has 1 amide bonds. The number of hydrogen-bond donors (Lipinski definition) is 1. The number of anilines is 1. The fourth-order valence-electron chi connectivity index (χ4n) is 2.47. The average molecular weight is 373 g/mol. The van der Waals surface area contributed by atoms with E-state index in [1.54, 1.807) is 24.3 Å². The van der Waals surface area contributed by atoms with E-state index in [1.807, 2.05) is 0 Å². The Morgan fingerprint density at radius 3 is 2.63 bits per heavy atom. The Kier molecular flexibility index (Phi) is 5.35. The molecule has 1 aliphatic rings. The van der Waals surface area contributed by atoms with Gasteiger partial charge in [-0.15, -0.1) is 0 Å². The summed E-state index contributed by atoms with van der Waals surface area (Å²) in [7, 11) is 0. The Hall–Kier alpha value is -3.42. The van der Waals surface area contributed by atoms with Crippen LogP contribution in [-0.2, 0) is 14.3 Å². The summed E-state index contributed by atoms with van der Waals surface area (Å²) in [6, 6.07) is 10.5. The first-order valence-corrected chi connectivity index (χ1v) is 8.09.